The van der Waals surface area contributed by atoms with Gasteiger partial charge in [-0.1, -0.05) is 161 Å². The predicted molar refractivity (Wildman–Crippen MR) is 172 cm³/mol. The lowest BCUT2D eigenvalue weighted by molar-refractivity contribution is -0.123. The summed E-state index contributed by atoms with van der Waals surface area (Å²) in [5, 5.41) is 13.2. The molecule has 1 amide bonds. The van der Waals surface area contributed by atoms with Crippen molar-refractivity contribution >= 4 is 13.7 Å². The van der Waals surface area contributed by atoms with Crippen molar-refractivity contribution in [1.82, 2.24) is 5.32 Å². The smallest absolute Gasteiger partial charge is 0.387 e. The molecule has 0 saturated heterocycles. The molecule has 0 saturated carbocycles. The summed E-state index contributed by atoms with van der Waals surface area (Å²) in [5.74, 6) is -0.228. The molecule has 0 bridgehead atoms. The first-order valence-corrected chi connectivity index (χ1v) is 18.7. The predicted octanol–water partition coefficient (Wildman–Crippen LogP) is 9.29. The van der Waals surface area contributed by atoms with E-state index in [9.17, 15) is 14.5 Å². The lowest BCUT2D eigenvalue weighted by Crippen LogP contribution is -2.45. The first-order chi connectivity index (χ1) is 19.8. The SMILES string of the molecule is CCCCCCCCC/C=C/[C@@H](O)[C@H](COP(=O)(O)O)NC(=O)CCCCCCCCCCCCCCCCCC. The van der Waals surface area contributed by atoms with Gasteiger partial charge >= 0.3 is 7.82 Å². The molecule has 0 aliphatic heterocycles. The number of aliphatic hydroxyl groups is 1. The number of carbonyl (C=O) groups excluding carboxylic acids is 1. The van der Waals surface area contributed by atoms with Gasteiger partial charge < -0.3 is 20.2 Å². The van der Waals surface area contributed by atoms with Crippen molar-refractivity contribution < 1.29 is 28.8 Å². The summed E-state index contributed by atoms with van der Waals surface area (Å²) < 4.78 is 15.8. The van der Waals surface area contributed by atoms with Crippen molar-refractivity contribution in [3.05, 3.63) is 12.2 Å². The number of phosphoric acid groups is 1. The third-order valence-corrected chi connectivity index (χ3v) is 8.23. The monoisotopic (exact) mass is 603 g/mol. The van der Waals surface area contributed by atoms with E-state index in [1.165, 1.54) is 116 Å². The number of amides is 1. The minimum atomic E-state index is -4.70. The number of nitrogens with one attached hydrogen (secondary N) is 1. The Labute approximate surface area is 252 Å². The van der Waals surface area contributed by atoms with Crippen molar-refractivity contribution in [1.29, 1.82) is 0 Å². The number of aliphatic hydroxyl groups excluding tert-OH is 1. The summed E-state index contributed by atoms with van der Waals surface area (Å²) in [4.78, 5) is 30.6. The van der Waals surface area contributed by atoms with Crippen LogP contribution in [-0.2, 0) is 13.9 Å². The van der Waals surface area contributed by atoms with E-state index in [4.69, 9.17) is 9.79 Å². The van der Waals surface area contributed by atoms with E-state index in [1.54, 1.807) is 6.08 Å². The van der Waals surface area contributed by atoms with Crippen molar-refractivity contribution in [2.24, 2.45) is 0 Å². The standard InChI is InChI=1S/C33H66NO6P/c1-3-5-7-9-11-13-14-15-16-17-18-19-21-23-25-27-29-33(36)34-31(30-40-41(37,38)39)32(35)28-26-24-22-20-12-10-8-6-4-2/h26,28,31-32,35H,3-25,27,29-30H2,1-2H3,(H,34,36)(H2,37,38,39)/b28-26+/t31-,32+/m0/s1. The van der Waals surface area contributed by atoms with Crippen LogP contribution in [0.5, 0.6) is 0 Å². The zero-order chi connectivity index (χ0) is 30.4. The van der Waals surface area contributed by atoms with Gasteiger partial charge in [-0.05, 0) is 19.3 Å². The molecular formula is C33H66NO6P. The van der Waals surface area contributed by atoms with E-state index in [1.807, 2.05) is 6.08 Å². The highest BCUT2D eigenvalue weighted by Crippen LogP contribution is 2.35. The van der Waals surface area contributed by atoms with Gasteiger partial charge in [-0.25, -0.2) is 4.57 Å². The molecule has 41 heavy (non-hydrogen) atoms. The fraction of sp³-hybridized carbons (Fsp3) is 0.909. The maximum Gasteiger partial charge on any atom is 0.469 e. The third kappa shape index (κ3) is 30.5. The highest BCUT2D eigenvalue weighted by Gasteiger charge is 2.24. The van der Waals surface area contributed by atoms with Gasteiger partial charge in [0.15, 0.2) is 0 Å². The Hall–Kier alpha value is -0.720. The van der Waals surface area contributed by atoms with Gasteiger partial charge in [0.2, 0.25) is 5.91 Å². The minimum Gasteiger partial charge on any atom is -0.387 e. The summed E-state index contributed by atoms with van der Waals surface area (Å²) in [6.07, 6.45) is 32.3. The lowest BCUT2D eigenvalue weighted by atomic mass is 10.0. The normalized spacial score (nSPS) is 13.6. The zero-order valence-corrected chi connectivity index (χ0v) is 27.6. The maximum absolute atomic E-state index is 12.5. The number of allylic oxidation sites excluding steroid dienone is 1. The van der Waals surface area contributed by atoms with Crippen molar-refractivity contribution in [3.8, 4) is 0 Å². The van der Waals surface area contributed by atoms with E-state index in [0.717, 1.165) is 38.5 Å². The minimum absolute atomic E-state index is 0.228. The molecule has 8 heteroatoms. The summed E-state index contributed by atoms with van der Waals surface area (Å²) in [6.45, 7) is 4.02. The van der Waals surface area contributed by atoms with E-state index < -0.39 is 26.6 Å². The van der Waals surface area contributed by atoms with Crippen LogP contribution >= 0.6 is 7.82 Å². The van der Waals surface area contributed by atoms with Gasteiger partial charge in [0.1, 0.15) is 0 Å². The molecule has 4 N–H and O–H groups in total. The number of phosphoric ester groups is 1. The Bertz CT molecular complexity index is 654. The molecule has 0 aromatic carbocycles. The van der Waals surface area contributed by atoms with Crippen LogP contribution < -0.4 is 5.32 Å². The van der Waals surface area contributed by atoms with Crippen LogP contribution in [0, 0.1) is 0 Å². The largest absolute Gasteiger partial charge is 0.469 e. The third-order valence-electron chi connectivity index (χ3n) is 7.75. The number of hydrogen-bond acceptors (Lipinski definition) is 4. The lowest BCUT2D eigenvalue weighted by Gasteiger charge is -2.22. The second-order valence-corrected chi connectivity index (χ2v) is 13.1. The van der Waals surface area contributed by atoms with Gasteiger partial charge in [0, 0.05) is 6.42 Å². The number of hydrogen-bond donors (Lipinski definition) is 4. The molecule has 0 spiro atoms. The number of rotatable bonds is 31. The molecule has 0 radical (unpaired) electrons. The first kappa shape index (κ1) is 40.3. The van der Waals surface area contributed by atoms with Gasteiger partial charge in [-0.2, -0.15) is 0 Å². The Morgan fingerprint density at radius 2 is 1.07 bits per heavy atom. The number of carbonyl (C=O) groups is 1. The Morgan fingerprint density at radius 1 is 0.683 bits per heavy atom. The molecule has 244 valence electrons. The van der Waals surface area contributed by atoms with E-state index in [-0.39, 0.29) is 5.91 Å². The molecule has 0 aromatic rings. The second-order valence-electron chi connectivity index (χ2n) is 11.8. The average molecular weight is 604 g/mol. The van der Waals surface area contributed by atoms with E-state index >= 15 is 0 Å². The van der Waals surface area contributed by atoms with Gasteiger partial charge in [-0.3, -0.25) is 9.32 Å². The molecule has 0 aliphatic rings. The van der Waals surface area contributed by atoms with Crippen LogP contribution in [0.3, 0.4) is 0 Å². The van der Waals surface area contributed by atoms with Crippen LogP contribution in [0.4, 0.5) is 0 Å². The molecule has 7 nitrogen and oxygen atoms in total. The van der Waals surface area contributed by atoms with E-state index in [2.05, 4.69) is 23.7 Å². The van der Waals surface area contributed by atoms with Gasteiger partial charge in [0.25, 0.3) is 0 Å². The molecule has 0 aliphatic carbocycles. The number of unbranched alkanes of at least 4 members (excludes halogenated alkanes) is 22. The quantitative estimate of drug-likeness (QED) is 0.0356. The Kier molecular flexibility index (Phi) is 28.8. The fourth-order valence-electron chi connectivity index (χ4n) is 5.10. The Balaban J connectivity index is 4.00. The maximum atomic E-state index is 12.5. The van der Waals surface area contributed by atoms with Crippen molar-refractivity contribution in [3.63, 3.8) is 0 Å². The van der Waals surface area contributed by atoms with Gasteiger partial charge in [-0.15, -0.1) is 0 Å². The highest BCUT2D eigenvalue weighted by atomic mass is 31.2. The first-order valence-electron chi connectivity index (χ1n) is 17.1. The fourth-order valence-corrected chi connectivity index (χ4v) is 5.46. The van der Waals surface area contributed by atoms with Crippen molar-refractivity contribution in [2.45, 2.75) is 187 Å². The van der Waals surface area contributed by atoms with Crippen LogP contribution in [0.2, 0.25) is 0 Å². The van der Waals surface area contributed by atoms with Crippen LogP contribution in [0.15, 0.2) is 12.2 Å². The second kappa shape index (κ2) is 29.4. The molecular weight excluding hydrogens is 537 g/mol. The molecule has 2 atom stereocenters. The summed E-state index contributed by atoms with van der Waals surface area (Å²) in [7, 11) is -4.70. The highest BCUT2D eigenvalue weighted by molar-refractivity contribution is 7.46. The molecule has 0 rings (SSSR count). The molecule has 0 unspecified atom stereocenters. The van der Waals surface area contributed by atoms with Crippen LogP contribution in [0.1, 0.15) is 174 Å². The summed E-state index contributed by atoms with van der Waals surface area (Å²) >= 11 is 0. The van der Waals surface area contributed by atoms with E-state index in [0.29, 0.717) is 6.42 Å². The zero-order valence-electron chi connectivity index (χ0n) is 26.7. The summed E-state index contributed by atoms with van der Waals surface area (Å²) in [5.41, 5.74) is 0. The van der Waals surface area contributed by atoms with Crippen LogP contribution in [-0.4, -0.2) is 39.6 Å². The molecule has 0 fully saturated rings. The van der Waals surface area contributed by atoms with Crippen LogP contribution in [0.25, 0.3) is 0 Å². The Morgan fingerprint density at radius 3 is 1.49 bits per heavy atom. The topological polar surface area (TPSA) is 116 Å². The van der Waals surface area contributed by atoms with Gasteiger partial charge in [0.05, 0.1) is 18.8 Å². The average Bonchev–Trinajstić information content (AvgIpc) is 2.93. The summed E-state index contributed by atoms with van der Waals surface area (Å²) in [6, 6.07) is -0.901. The van der Waals surface area contributed by atoms with Crippen molar-refractivity contribution in [2.75, 3.05) is 6.61 Å². The molecule has 0 heterocycles. The molecule has 0 aromatic heterocycles.